The van der Waals surface area contributed by atoms with E-state index in [0.29, 0.717) is 29.8 Å². The molecule has 0 spiro atoms. The van der Waals surface area contributed by atoms with Gasteiger partial charge in [-0.25, -0.2) is 0 Å². The Kier molecular flexibility index (Phi) is 4.41. The first kappa shape index (κ1) is 12.7. The summed E-state index contributed by atoms with van der Waals surface area (Å²) in [7, 11) is 1.61. The van der Waals surface area contributed by atoms with Crippen LogP contribution in [0.1, 0.15) is 11.8 Å². The topological polar surface area (TPSA) is 57.4 Å². The molecule has 0 saturated carbocycles. The molecule has 6 heteroatoms. The summed E-state index contributed by atoms with van der Waals surface area (Å²) < 4.78 is 16.0. The largest absolute Gasteiger partial charge is 0.497 e. The second-order valence-electron chi connectivity index (χ2n) is 3.50. The molecule has 0 aliphatic carbocycles. The minimum absolute atomic E-state index is 0.225. The lowest BCUT2D eigenvalue weighted by molar-refractivity contribution is 0.258. The molecule has 18 heavy (non-hydrogen) atoms. The lowest BCUT2D eigenvalue weighted by Gasteiger charge is -2.05. The summed E-state index contributed by atoms with van der Waals surface area (Å²) in [6, 6.07) is 7.31. The van der Waals surface area contributed by atoms with Crippen molar-refractivity contribution >= 4 is 11.6 Å². The molecule has 1 aromatic heterocycles. The molecule has 0 aliphatic heterocycles. The normalized spacial score (nSPS) is 10.3. The van der Waals surface area contributed by atoms with Crippen LogP contribution in [-0.4, -0.2) is 23.2 Å². The number of methoxy groups -OCH3 is 1. The van der Waals surface area contributed by atoms with Crippen molar-refractivity contribution < 1.29 is 13.9 Å². The Labute approximate surface area is 110 Å². The van der Waals surface area contributed by atoms with Gasteiger partial charge in [0.05, 0.1) is 7.11 Å². The molecule has 0 saturated heterocycles. The highest BCUT2D eigenvalue weighted by atomic mass is 35.5. The Bertz CT molecular complexity index is 502. The molecular formula is C12H13ClN2O3. The molecule has 1 heterocycles. The number of aryl methyl sites for hydroxylation is 1. The van der Waals surface area contributed by atoms with Crippen LogP contribution in [0.4, 0.5) is 0 Å². The lowest BCUT2D eigenvalue weighted by Crippen LogP contribution is -1.96. The summed E-state index contributed by atoms with van der Waals surface area (Å²) in [5, 5.41) is 7.71. The summed E-state index contributed by atoms with van der Waals surface area (Å²) in [6.07, 6.45) is 0.563. The van der Waals surface area contributed by atoms with Crippen molar-refractivity contribution in [1.82, 2.24) is 10.2 Å². The maximum atomic E-state index is 5.58. The first-order chi connectivity index (χ1) is 8.81. The smallest absolute Gasteiger partial charge is 0.253 e. The summed E-state index contributed by atoms with van der Waals surface area (Å²) >= 11 is 5.58. The van der Waals surface area contributed by atoms with Gasteiger partial charge >= 0.3 is 0 Å². The molecule has 0 unspecified atom stereocenters. The number of rotatable bonds is 6. The van der Waals surface area contributed by atoms with Crippen LogP contribution in [0.25, 0.3) is 0 Å². The molecule has 0 radical (unpaired) electrons. The van der Waals surface area contributed by atoms with Gasteiger partial charge in [-0.05, 0) is 12.1 Å². The van der Waals surface area contributed by atoms with E-state index in [9.17, 15) is 0 Å². The van der Waals surface area contributed by atoms with Gasteiger partial charge in [-0.2, -0.15) is 0 Å². The zero-order chi connectivity index (χ0) is 12.8. The van der Waals surface area contributed by atoms with Gasteiger partial charge in [0.1, 0.15) is 11.5 Å². The fourth-order valence-electron chi connectivity index (χ4n) is 1.36. The molecule has 96 valence electrons. The molecule has 0 bridgehead atoms. The maximum Gasteiger partial charge on any atom is 0.253 e. The van der Waals surface area contributed by atoms with Gasteiger partial charge in [0, 0.05) is 18.4 Å². The number of halogens is 1. The average molecular weight is 269 g/mol. The van der Waals surface area contributed by atoms with E-state index in [0.717, 1.165) is 5.75 Å². The highest BCUT2D eigenvalue weighted by Crippen LogP contribution is 2.19. The number of hydrogen-bond acceptors (Lipinski definition) is 5. The second-order valence-corrected chi connectivity index (χ2v) is 3.87. The van der Waals surface area contributed by atoms with Crippen LogP contribution < -0.4 is 9.47 Å². The van der Waals surface area contributed by atoms with Crippen LogP contribution in [0.3, 0.4) is 0 Å². The predicted octanol–water partition coefficient (Wildman–Crippen LogP) is 2.44. The number of ether oxygens (including phenoxy) is 2. The van der Waals surface area contributed by atoms with Crippen molar-refractivity contribution in [2.75, 3.05) is 13.0 Å². The molecule has 0 fully saturated rings. The Morgan fingerprint density at radius 2 is 2.00 bits per heavy atom. The minimum atomic E-state index is 0.225. The van der Waals surface area contributed by atoms with E-state index in [4.69, 9.17) is 25.5 Å². The third-order valence-corrected chi connectivity index (χ3v) is 2.41. The molecule has 0 aliphatic rings. The van der Waals surface area contributed by atoms with Gasteiger partial charge in [-0.1, -0.05) is 6.07 Å². The van der Waals surface area contributed by atoms with Gasteiger partial charge in [0.25, 0.3) is 5.89 Å². The molecular weight excluding hydrogens is 256 g/mol. The van der Waals surface area contributed by atoms with Crippen molar-refractivity contribution in [3.63, 3.8) is 0 Å². The predicted molar refractivity (Wildman–Crippen MR) is 66.0 cm³/mol. The monoisotopic (exact) mass is 268 g/mol. The van der Waals surface area contributed by atoms with Gasteiger partial charge in [-0.3, -0.25) is 0 Å². The van der Waals surface area contributed by atoms with Gasteiger partial charge in [0.2, 0.25) is 5.89 Å². The molecule has 0 atom stereocenters. The van der Waals surface area contributed by atoms with Crippen molar-refractivity contribution in [2.24, 2.45) is 0 Å². The minimum Gasteiger partial charge on any atom is -0.497 e. The number of aromatic nitrogens is 2. The second kappa shape index (κ2) is 6.26. The summed E-state index contributed by atoms with van der Waals surface area (Å²) in [5.74, 6) is 2.83. The molecule has 1 aromatic carbocycles. The fourth-order valence-corrected chi connectivity index (χ4v) is 1.53. The zero-order valence-corrected chi connectivity index (χ0v) is 10.7. The number of hydrogen-bond donors (Lipinski definition) is 0. The molecule has 0 N–H and O–H groups in total. The van der Waals surface area contributed by atoms with Crippen molar-refractivity contribution in [2.45, 2.75) is 13.0 Å². The van der Waals surface area contributed by atoms with Gasteiger partial charge in [0.15, 0.2) is 6.61 Å². The van der Waals surface area contributed by atoms with Crippen LogP contribution in [-0.2, 0) is 13.0 Å². The SMILES string of the molecule is COc1cccc(OCc2nnc(CCCl)o2)c1. The van der Waals surface area contributed by atoms with Crippen LogP contribution >= 0.6 is 11.6 Å². The number of alkyl halides is 1. The van der Waals surface area contributed by atoms with Crippen LogP contribution in [0.2, 0.25) is 0 Å². The fraction of sp³-hybridized carbons (Fsp3) is 0.333. The summed E-state index contributed by atoms with van der Waals surface area (Å²) in [6.45, 7) is 0.225. The molecule has 2 aromatic rings. The van der Waals surface area contributed by atoms with Crippen LogP contribution in [0.15, 0.2) is 28.7 Å². The maximum absolute atomic E-state index is 5.58. The van der Waals surface area contributed by atoms with Crippen molar-refractivity contribution in [1.29, 1.82) is 0 Å². The number of benzene rings is 1. The quantitative estimate of drug-likeness (QED) is 0.753. The van der Waals surface area contributed by atoms with Crippen molar-refractivity contribution in [3.8, 4) is 11.5 Å². The Morgan fingerprint density at radius 1 is 1.22 bits per heavy atom. The Morgan fingerprint density at radius 3 is 2.78 bits per heavy atom. The Balaban J connectivity index is 1.93. The van der Waals surface area contributed by atoms with Crippen LogP contribution in [0.5, 0.6) is 11.5 Å². The van der Waals surface area contributed by atoms with Crippen LogP contribution in [0, 0.1) is 0 Å². The molecule has 0 amide bonds. The third kappa shape index (κ3) is 3.37. The van der Waals surface area contributed by atoms with E-state index in [1.165, 1.54) is 0 Å². The summed E-state index contributed by atoms with van der Waals surface area (Å²) in [5.41, 5.74) is 0. The zero-order valence-electron chi connectivity index (χ0n) is 9.93. The van der Waals surface area contributed by atoms with E-state index in [-0.39, 0.29) is 6.61 Å². The third-order valence-electron chi connectivity index (χ3n) is 2.22. The van der Waals surface area contributed by atoms with Gasteiger partial charge in [-0.15, -0.1) is 21.8 Å². The first-order valence-corrected chi connectivity index (χ1v) is 5.99. The lowest BCUT2D eigenvalue weighted by atomic mass is 10.3. The van der Waals surface area contributed by atoms with E-state index < -0.39 is 0 Å². The highest BCUT2D eigenvalue weighted by Gasteiger charge is 2.06. The highest BCUT2D eigenvalue weighted by molar-refractivity contribution is 6.17. The van der Waals surface area contributed by atoms with E-state index >= 15 is 0 Å². The van der Waals surface area contributed by atoms with Crippen molar-refractivity contribution in [3.05, 3.63) is 36.0 Å². The summed E-state index contributed by atoms with van der Waals surface area (Å²) in [4.78, 5) is 0. The number of nitrogens with zero attached hydrogens (tertiary/aromatic N) is 2. The molecule has 5 nitrogen and oxygen atoms in total. The van der Waals surface area contributed by atoms with E-state index in [1.807, 2.05) is 18.2 Å². The average Bonchev–Trinajstić information content (AvgIpc) is 2.85. The Hall–Kier alpha value is -1.75. The first-order valence-electron chi connectivity index (χ1n) is 5.46. The van der Waals surface area contributed by atoms with E-state index in [2.05, 4.69) is 10.2 Å². The molecule has 2 rings (SSSR count). The standard InChI is InChI=1S/C12H13ClN2O3/c1-16-9-3-2-4-10(7-9)17-8-12-15-14-11(18-12)5-6-13/h2-4,7H,5-6,8H2,1H3. The van der Waals surface area contributed by atoms with E-state index in [1.54, 1.807) is 13.2 Å². The van der Waals surface area contributed by atoms with Gasteiger partial charge < -0.3 is 13.9 Å².